The maximum atomic E-state index is 12.9. The van der Waals surface area contributed by atoms with E-state index in [1.165, 1.54) is 0 Å². The maximum Gasteiger partial charge on any atom is 0.191 e. The van der Waals surface area contributed by atoms with Crippen molar-refractivity contribution in [3.63, 3.8) is 0 Å². The Morgan fingerprint density at radius 1 is 1.15 bits per heavy atom. The third-order valence-corrected chi connectivity index (χ3v) is 5.01. The van der Waals surface area contributed by atoms with E-state index in [2.05, 4.69) is 34.3 Å². The van der Waals surface area contributed by atoms with Crippen LogP contribution in [0.15, 0.2) is 95.0 Å². The van der Waals surface area contributed by atoms with Gasteiger partial charge >= 0.3 is 0 Å². The predicted molar refractivity (Wildman–Crippen MR) is 98.2 cm³/mol. The van der Waals surface area contributed by atoms with Crippen LogP contribution in [0.2, 0.25) is 0 Å². The molecule has 2 aliphatic carbocycles. The second-order valence-electron chi connectivity index (χ2n) is 6.68. The summed E-state index contributed by atoms with van der Waals surface area (Å²) in [6.07, 6.45) is 16.9. The molecule has 0 saturated carbocycles. The zero-order chi connectivity index (χ0) is 17.5. The van der Waals surface area contributed by atoms with E-state index in [4.69, 9.17) is 4.74 Å². The molecule has 0 fully saturated rings. The average Bonchev–Trinajstić information content (AvgIpc) is 2.82. The highest BCUT2D eigenvalue weighted by Crippen LogP contribution is 2.42. The summed E-state index contributed by atoms with van der Waals surface area (Å²) in [7, 11) is 0. The van der Waals surface area contributed by atoms with Gasteiger partial charge in [0.15, 0.2) is 5.78 Å². The van der Waals surface area contributed by atoms with E-state index in [0.717, 1.165) is 47.7 Å². The number of carbonyl (C=O) groups excluding carboxylic acids is 1. The summed E-state index contributed by atoms with van der Waals surface area (Å²) in [5, 5.41) is 0. The molecule has 4 nitrogen and oxygen atoms in total. The zero-order valence-corrected chi connectivity index (χ0v) is 14.3. The van der Waals surface area contributed by atoms with Gasteiger partial charge in [0.2, 0.25) is 0 Å². The second kappa shape index (κ2) is 5.99. The molecule has 1 aromatic rings. The third-order valence-electron chi connectivity index (χ3n) is 5.01. The third kappa shape index (κ3) is 2.37. The van der Waals surface area contributed by atoms with Gasteiger partial charge in [0.1, 0.15) is 11.5 Å². The van der Waals surface area contributed by atoms with Crippen molar-refractivity contribution in [2.75, 3.05) is 0 Å². The van der Waals surface area contributed by atoms with Gasteiger partial charge in [0.05, 0.1) is 17.0 Å². The lowest BCUT2D eigenvalue weighted by molar-refractivity contribution is -0.111. The molecule has 2 aliphatic heterocycles. The molecule has 4 heteroatoms. The van der Waals surface area contributed by atoms with Crippen molar-refractivity contribution >= 4 is 5.78 Å². The number of hydrogen-bond donors (Lipinski definition) is 0. The molecule has 0 saturated heterocycles. The van der Waals surface area contributed by atoms with Crippen LogP contribution in [0.4, 0.5) is 0 Å². The molecule has 0 amide bonds. The van der Waals surface area contributed by atoms with E-state index in [-0.39, 0.29) is 5.78 Å². The van der Waals surface area contributed by atoms with Crippen molar-refractivity contribution in [3.8, 4) is 0 Å². The number of aromatic nitrogens is 1. The number of ether oxygens (including phenoxy) is 1. The lowest BCUT2D eigenvalue weighted by Gasteiger charge is -2.31. The minimum absolute atomic E-state index is 0.00110. The Morgan fingerprint density at radius 3 is 3.00 bits per heavy atom. The van der Waals surface area contributed by atoms with E-state index in [9.17, 15) is 4.79 Å². The van der Waals surface area contributed by atoms with Gasteiger partial charge in [-0.3, -0.25) is 9.78 Å². The standard InChI is InChI=1S/C22H18N2O2/c25-18-11-10-15-6-5-13-24-17-8-1-2-9-19(17)26-20(21(18)22(15)24)14-16-7-3-4-12-23-16/h1,3-5,7-8,10-13H,2,6,9,14H2. The first-order chi connectivity index (χ1) is 12.8. The Hall–Kier alpha value is -3.14. The van der Waals surface area contributed by atoms with E-state index < -0.39 is 0 Å². The molecule has 0 atom stereocenters. The molecule has 0 radical (unpaired) electrons. The van der Waals surface area contributed by atoms with Crippen molar-refractivity contribution in [1.82, 2.24) is 9.88 Å². The van der Waals surface area contributed by atoms with Gasteiger partial charge in [0, 0.05) is 30.9 Å². The van der Waals surface area contributed by atoms with Gasteiger partial charge in [-0.1, -0.05) is 24.3 Å². The first-order valence-electron chi connectivity index (χ1n) is 8.94. The van der Waals surface area contributed by atoms with Gasteiger partial charge in [-0.25, -0.2) is 0 Å². The van der Waals surface area contributed by atoms with Crippen molar-refractivity contribution in [1.29, 1.82) is 0 Å². The first kappa shape index (κ1) is 15.1. The largest absolute Gasteiger partial charge is 0.463 e. The van der Waals surface area contributed by atoms with Crippen LogP contribution < -0.4 is 0 Å². The predicted octanol–water partition coefficient (Wildman–Crippen LogP) is 4.08. The summed E-state index contributed by atoms with van der Waals surface area (Å²) in [6, 6.07) is 5.82. The van der Waals surface area contributed by atoms with Crippen LogP contribution in [0.3, 0.4) is 0 Å². The van der Waals surface area contributed by atoms with Crippen LogP contribution in [-0.4, -0.2) is 15.7 Å². The van der Waals surface area contributed by atoms with E-state index in [0.29, 0.717) is 17.8 Å². The molecule has 1 aromatic heterocycles. The Kier molecular flexibility index (Phi) is 3.49. The molecular weight excluding hydrogens is 324 g/mol. The van der Waals surface area contributed by atoms with Gasteiger partial charge in [-0.2, -0.15) is 0 Å². The van der Waals surface area contributed by atoms with Crippen molar-refractivity contribution in [3.05, 3.63) is 101 Å². The number of carbonyl (C=O) groups is 1. The molecule has 0 N–H and O–H groups in total. The summed E-state index contributed by atoms with van der Waals surface area (Å²) in [5.74, 6) is 1.62. The fourth-order valence-corrected chi connectivity index (χ4v) is 3.83. The monoisotopic (exact) mass is 342 g/mol. The minimum Gasteiger partial charge on any atom is -0.463 e. The topological polar surface area (TPSA) is 42.4 Å². The fraction of sp³-hybridized carbons (Fsp3) is 0.182. The summed E-state index contributed by atoms with van der Waals surface area (Å²) >= 11 is 0. The molecule has 0 unspecified atom stereocenters. The van der Waals surface area contributed by atoms with Crippen LogP contribution >= 0.6 is 0 Å². The number of hydrogen-bond acceptors (Lipinski definition) is 4. The van der Waals surface area contributed by atoms with Crippen LogP contribution in [0.25, 0.3) is 0 Å². The summed E-state index contributed by atoms with van der Waals surface area (Å²) in [4.78, 5) is 19.4. The normalized spacial score (nSPS) is 20.9. The molecule has 0 bridgehead atoms. The van der Waals surface area contributed by atoms with E-state index in [1.54, 1.807) is 12.3 Å². The summed E-state index contributed by atoms with van der Waals surface area (Å²) < 4.78 is 6.37. The highest BCUT2D eigenvalue weighted by Gasteiger charge is 2.35. The quantitative estimate of drug-likeness (QED) is 0.812. The van der Waals surface area contributed by atoms with Gasteiger partial charge in [0.25, 0.3) is 0 Å². The minimum atomic E-state index is -0.00110. The van der Waals surface area contributed by atoms with Crippen molar-refractivity contribution in [2.45, 2.75) is 25.7 Å². The number of nitrogens with zero attached hydrogens (tertiary/aromatic N) is 2. The van der Waals surface area contributed by atoms with Crippen LogP contribution in [0.5, 0.6) is 0 Å². The average molecular weight is 342 g/mol. The SMILES string of the molecule is O=C1C=CC2=C3C1=C(Cc1ccccn1)OC1=C(C=CCC1)N3C=CC2. The molecule has 3 heterocycles. The lowest BCUT2D eigenvalue weighted by Crippen LogP contribution is -2.26. The highest BCUT2D eigenvalue weighted by molar-refractivity contribution is 6.09. The Labute approximate surface area is 152 Å². The summed E-state index contributed by atoms with van der Waals surface area (Å²) in [6.45, 7) is 0. The van der Waals surface area contributed by atoms with Gasteiger partial charge < -0.3 is 9.64 Å². The van der Waals surface area contributed by atoms with Crippen LogP contribution in [0.1, 0.15) is 25.0 Å². The van der Waals surface area contributed by atoms with E-state index in [1.807, 2.05) is 24.3 Å². The van der Waals surface area contributed by atoms with Crippen LogP contribution in [-0.2, 0) is 16.0 Å². The molecular formula is C22H18N2O2. The van der Waals surface area contributed by atoms with Crippen LogP contribution in [0, 0.1) is 0 Å². The number of allylic oxidation sites excluding steroid dienone is 9. The highest BCUT2D eigenvalue weighted by atomic mass is 16.5. The molecule has 0 spiro atoms. The molecule has 128 valence electrons. The Bertz CT molecular complexity index is 975. The van der Waals surface area contributed by atoms with Gasteiger partial charge in [-0.15, -0.1) is 0 Å². The second-order valence-corrected chi connectivity index (χ2v) is 6.68. The Balaban J connectivity index is 1.71. The number of ketones is 1. The van der Waals surface area contributed by atoms with E-state index >= 15 is 0 Å². The molecule has 0 aromatic carbocycles. The fourth-order valence-electron chi connectivity index (χ4n) is 3.83. The molecule has 26 heavy (non-hydrogen) atoms. The molecule has 4 aliphatic rings. The Morgan fingerprint density at radius 2 is 2.12 bits per heavy atom. The smallest absolute Gasteiger partial charge is 0.191 e. The summed E-state index contributed by atoms with van der Waals surface area (Å²) in [5.41, 5.74) is 4.70. The first-order valence-corrected chi connectivity index (χ1v) is 8.94. The number of fused-ring (bicyclic) bond motifs is 1. The number of rotatable bonds is 2. The maximum absolute atomic E-state index is 12.9. The van der Waals surface area contributed by atoms with Crippen molar-refractivity contribution < 1.29 is 9.53 Å². The zero-order valence-electron chi connectivity index (χ0n) is 14.3. The van der Waals surface area contributed by atoms with Crippen molar-refractivity contribution in [2.24, 2.45) is 0 Å². The lowest BCUT2D eigenvalue weighted by atomic mass is 9.90. The number of pyridine rings is 1. The molecule has 5 rings (SSSR count). The van der Waals surface area contributed by atoms with Gasteiger partial charge in [-0.05, 0) is 42.7 Å².